The van der Waals surface area contributed by atoms with Gasteiger partial charge in [-0.05, 0) is 91.9 Å². The van der Waals surface area contributed by atoms with E-state index in [-0.39, 0.29) is 52.2 Å². The van der Waals surface area contributed by atoms with Gasteiger partial charge >= 0.3 is 11.9 Å². The number of amides is 2. The first-order valence-electron chi connectivity index (χ1n) is 27.1. The number of aromatic carboxylic acids is 2. The number of pyridine rings is 2. The number of carboxylic acid groups (broad SMARTS) is 2. The van der Waals surface area contributed by atoms with E-state index in [9.17, 15) is 39.0 Å². The minimum Gasteiger partial charge on any atom is -0.476 e. The van der Waals surface area contributed by atoms with Crippen LogP contribution in [-0.4, -0.2) is 113 Å². The largest absolute Gasteiger partial charge is 0.476 e. The molecule has 0 radical (unpaired) electrons. The van der Waals surface area contributed by atoms with E-state index in [1.54, 1.807) is 93.8 Å². The number of aromatic nitrogens is 16. The van der Waals surface area contributed by atoms with Crippen LogP contribution < -0.4 is 21.8 Å². The Morgan fingerprint density at radius 1 is 0.570 bits per heavy atom. The number of benzene rings is 2. The molecule has 0 unspecified atom stereocenters. The summed E-state index contributed by atoms with van der Waals surface area (Å²) in [5.74, 6) is -3.14. The van der Waals surface area contributed by atoms with E-state index in [2.05, 4.69) is 61.4 Å². The van der Waals surface area contributed by atoms with E-state index in [1.165, 1.54) is 46.5 Å². The van der Waals surface area contributed by atoms with Crippen LogP contribution >= 0.6 is 23.2 Å². The van der Waals surface area contributed by atoms with Crippen molar-refractivity contribution in [3.63, 3.8) is 0 Å². The second-order valence-corrected chi connectivity index (χ2v) is 21.6. The second kappa shape index (κ2) is 24.1. The van der Waals surface area contributed by atoms with E-state index in [4.69, 9.17) is 23.2 Å². The molecule has 0 saturated heterocycles. The number of fused-ring (bicyclic) bond motifs is 8. The first-order chi connectivity index (χ1) is 41.4. The normalized spacial score (nSPS) is 17.0. The molecule has 2 aliphatic rings. The molecule has 26 nitrogen and oxygen atoms in total. The molecule has 28 heteroatoms. The lowest BCUT2D eigenvalue weighted by atomic mass is 9.95. The van der Waals surface area contributed by atoms with Gasteiger partial charge in [-0.3, -0.25) is 47.6 Å². The van der Waals surface area contributed by atoms with Crippen molar-refractivity contribution >= 4 is 58.3 Å². The average molecular weight is 1200 g/mol. The van der Waals surface area contributed by atoms with Crippen LogP contribution in [0, 0.1) is 11.8 Å². The van der Waals surface area contributed by atoms with E-state index in [0.29, 0.717) is 111 Å². The summed E-state index contributed by atoms with van der Waals surface area (Å²) in [4.78, 5) is 94.4. The van der Waals surface area contributed by atoms with Crippen molar-refractivity contribution in [1.82, 2.24) is 78.6 Å². The zero-order chi connectivity index (χ0) is 60.5. The van der Waals surface area contributed by atoms with E-state index in [1.807, 2.05) is 38.1 Å². The van der Waals surface area contributed by atoms with Gasteiger partial charge in [0.05, 0.1) is 101 Å². The first-order valence-corrected chi connectivity index (χ1v) is 27.8. The van der Waals surface area contributed by atoms with Gasteiger partial charge in [0.1, 0.15) is 5.69 Å². The smallest absolute Gasteiger partial charge is 0.358 e. The van der Waals surface area contributed by atoms with Crippen LogP contribution in [0.2, 0.25) is 10.0 Å². The van der Waals surface area contributed by atoms with Gasteiger partial charge < -0.3 is 20.8 Å². The SMILES string of the molecule is C[C@@H]1CCC[C@H](n2cnc(-c3cc(Cl)ccc3-n3cc(C(=O)O)nn3)cc2=O)c2cc(ccn2)-c2c(cnn2C)NC1=O.C[C@@H]1CCC[C@H](n2cnc(-c3cc(Cl)ccc3-n3cc(C(=O)O)nn3)cc2=O)c2ccnc(c2)-c2c(cnn2C)NC1=O. The number of rotatable bonds is 8. The number of halogens is 2. The maximum absolute atomic E-state index is 13.7. The molecule has 4 bridgehead atoms. The van der Waals surface area contributed by atoms with Crippen LogP contribution in [0.3, 0.4) is 0 Å². The van der Waals surface area contributed by atoms with Gasteiger partial charge in [-0.2, -0.15) is 10.2 Å². The third-order valence-electron chi connectivity index (χ3n) is 15.1. The summed E-state index contributed by atoms with van der Waals surface area (Å²) >= 11 is 12.6. The Kier molecular flexibility index (Phi) is 16.1. The molecule has 8 aromatic heterocycles. The molecule has 2 aromatic carbocycles. The number of nitrogens with one attached hydrogen (secondary N) is 2. The molecule has 4 atom stereocenters. The Morgan fingerprint density at radius 3 is 1.59 bits per heavy atom. The summed E-state index contributed by atoms with van der Waals surface area (Å²) in [7, 11) is 3.59. The summed E-state index contributed by atoms with van der Waals surface area (Å²) in [6.45, 7) is 3.76. The maximum Gasteiger partial charge on any atom is 0.358 e. The van der Waals surface area contributed by atoms with Crippen molar-refractivity contribution in [2.75, 3.05) is 10.6 Å². The van der Waals surface area contributed by atoms with Crippen molar-refractivity contribution in [2.24, 2.45) is 25.9 Å². The van der Waals surface area contributed by atoms with Crippen LogP contribution in [0.5, 0.6) is 0 Å². The molecule has 0 spiro atoms. The zero-order valence-electron chi connectivity index (χ0n) is 46.4. The Balaban J connectivity index is 0.000000179. The van der Waals surface area contributed by atoms with Crippen LogP contribution in [0.4, 0.5) is 11.4 Å². The Hall–Kier alpha value is -10.3. The fraction of sp³-hybridized carbons (Fsp3) is 0.241. The van der Waals surface area contributed by atoms with Gasteiger partial charge in [-0.1, -0.05) is 60.3 Å². The lowest BCUT2D eigenvalue weighted by molar-refractivity contribution is -0.120. The lowest BCUT2D eigenvalue weighted by Gasteiger charge is -2.23. The lowest BCUT2D eigenvalue weighted by Crippen LogP contribution is -2.27. The molecular formula is C58H52Cl2N18O8. The highest BCUT2D eigenvalue weighted by molar-refractivity contribution is 6.31. The molecule has 2 aliphatic heterocycles. The molecule has 0 saturated carbocycles. The quantitative estimate of drug-likeness (QED) is 0.112. The fourth-order valence-electron chi connectivity index (χ4n) is 10.5. The molecule has 0 fully saturated rings. The highest BCUT2D eigenvalue weighted by Crippen LogP contribution is 2.36. The topological polar surface area (TPSA) is 325 Å². The van der Waals surface area contributed by atoms with E-state index >= 15 is 0 Å². The van der Waals surface area contributed by atoms with Crippen molar-refractivity contribution in [3.05, 3.63) is 176 Å². The summed E-state index contributed by atoms with van der Waals surface area (Å²) in [5, 5.41) is 49.2. The van der Waals surface area contributed by atoms with Crippen LogP contribution in [-0.2, 0) is 23.7 Å². The third-order valence-corrected chi connectivity index (χ3v) is 15.5. The summed E-state index contributed by atoms with van der Waals surface area (Å²) in [6, 6.07) is 19.3. The Bertz CT molecular complexity index is 4140. The number of nitrogens with zero attached hydrogens (tertiary/aromatic N) is 16. The average Bonchev–Trinajstić information content (AvgIpc) is 3.78. The van der Waals surface area contributed by atoms with Gasteiger partial charge in [0, 0.05) is 77.2 Å². The van der Waals surface area contributed by atoms with Gasteiger partial charge in [0.15, 0.2) is 11.4 Å². The summed E-state index contributed by atoms with van der Waals surface area (Å²) < 4.78 is 9.07. The van der Waals surface area contributed by atoms with Gasteiger partial charge in [-0.15, -0.1) is 10.2 Å². The molecule has 12 rings (SSSR count). The first kappa shape index (κ1) is 57.5. The number of carboxylic acids is 2. The zero-order valence-corrected chi connectivity index (χ0v) is 47.9. The van der Waals surface area contributed by atoms with Crippen LogP contribution in [0.15, 0.2) is 132 Å². The van der Waals surface area contributed by atoms with E-state index < -0.39 is 18.0 Å². The monoisotopic (exact) mass is 1200 g/mol. The van der Waals surface area contributed by atoms with Crippen LogP contribution in [0.25, 0.3) is 56.5 Å². The molecule has 86 heavy (non-hydrogen) atoms. The molecule has 436 valence electrons. The molecule has 2 amide bonds. The molecular weight excluding hydrogens is 1150 g/mol. The highest BCUT2D eigenvalue weighted by Gasteiger charge is 2.27. The number of hydrogen-bond acceptors (Lipinski definition) is 16. The molecule has 4 N–H and O–H groups in total. The van der Waals surface area contributed by atoms with Crippen molar-refractivity contribution in [2.45, 2.75) is 64.5 Å². The standard InChI is InChI=1S/2C29H26ClN9O4/c1-16-4-3-5-25(21-10-17(8-9-31-21)27-22(34-28(16)41)13-33-37(27)2)38-15-32-20(12-26(38)40)19-11-18(30)6-7-24(19)39-14-23(29(42)43)35-36-39;1-16-4-3-5-24(17-8-9-31-21(10-17)27-22(34-28(16)41)13-33-37(27)2)38-15-32-20(12-26(38)40)19-11-18(30)6-7-25(19)39-14-23(29(42)43)35-36-39/h6-16,25H,3-5H2,1-2H3,(H,34,41)(H,42,43);6-16,24H,3-5H2,1-2H3,(H,34,41)(H,42,43)/t16-,25+;16-,24+/m11/s1. The second-order valence-electron chi connectivity index (χ2n) is 20.7. The van der Waals surface area contributed by atoms with Gasteiger partial charge in [0.2, 0.25) is 11.8 Å². The number of anilines is 2. The summed E-state index contributed by atoms with van der Waals surface area (Å²) in [5.41, 5.74) is 6.96. The van der Waals surface area contributed by atoms with Crippen molar-refractivity contribution < 1.29 is 29.4 Å². The fourth-order valence-corrected chi connectivity index (χ4v) is 10.9. The number of aryl methyl sites for hydroxylation is 2. The minimum absolute atomic E-state index is 0.0935. The highest BCUT2D eigenvalue weighted by atomic mass is 35.5. The predicted octanol–water partition coefficient (Wildman–Crippen LogP) is 7.97. The van der Waals surface area contributed by atoms with Gasteiger partial charge in [0.25, 0.3) is 11.1 Å². The Morgan fingerprint density at radius 2 is 1.07 bits per heavy atom. The molecule has 10 aromatic rings. The van der Waals surface area contributed by atoms with E-state index in [0.717, 1.165) is 16.8 Å². The minimum atomic E-state index is -1.22. The van der Waals surface area contributed by atoms with Crippen molar-refractivity contribution in [1.29, 1.82) is 0 Å². The predicted molar refractivity (Wildman–Crippen MR) is 314 cm³/mol. The maximum atomic E-state index is 13.7. The molecule has 0 aliphatic carbocycles. The van der Waals surface area contributed by atoms with Crippen LogP contribution in [0.1, 0.15) is 96.7 Å². The van der Waals surface area contributed by atoms with Gasteiger partial charge in [-0.25, -0.2) is 28.9 Å². The number of carbonyl (C=O) groups is 4. The number of carbonyl (C=O) groups excluding carboxylic acids is 2. The summed E-state index contributed by atoms with van der Waals surface area (Å²) in [6.07, 6.45) is 15.8. The van der Waals surface area contributed by atoms with Crippen molar-refractivity contribution in [3.8, 4) is 56.5 Å². The third kappa shape index (κ3) is 11.8. The number of hydrogen-bond donors (Lipinski definition) is 4. The Labute approximate surface area is 497 Å². The molecule has 10 heterocycles.